The van der Waals surface area contributed by atoms with Crippen molar-refractivity contribution in [2.75, 3.05) is 26.3 Å². The van der Waals surface area contributed by atoms with E-state index in [0.29, 0.717) is 38.3 Å². The number of rotatable bonds is 7. The normalized spacial score (nSPS) is 15.2. The van der Waals surface area contributed by atoms with Gasteiger partial charge in [-0.25, -0.2) is 4.79 Å². The minimum absolute atomic E-state index is 0.0562. The number of aliphatic carboxylic acids is 1. The van der Waals surface area contributed by atoms with E-state index in [1.807, 2.05) is 6.92 Å². The van der Waals surface area contributed by atoms with Gasteiger partial charge in [0, 0.05) is 31.1 Å². The lowest BCUT2D eigenvalue weighted by molar-refractivity contribution is -0.131. The lowest BCUT2D eigenvalue weighted by atomic mass is 10.1. The minimum Gasteiger partial charge on any atom is -0.478 e. The van der Waals surface area contributed by atoms with Gasteiger partial charge in [0.1, 0.15) is 0 Å². The first-order valence-corrected chi connectivity index (χ1v) is 7.63. The number of carbonyl (C=O) groups is 2. The van der Waals surface area contributed by atoms with Crippen LogP contribution in [0.2, 0.25) is 0 Å². The molecule has 1 aliphatic heterocycles. The molecule has 1 N–H and O–H groups in total. The van der Waals surface area contributed by atoms with Gasteiger partial charge in [0.15, 0.2) is 6.29 Å². The molecule has 0 radical (unpaired) electrons. The Morgan fingerprint density at radius 1 is 1.26 bits per heavy atom. The van der Waals surface area contributed by atoms with Gasteiger partial charge in [-0.15, -0.1) is 0 Å². The molecule has 1 aromatic rings. The number of carboxylic acid groups (broad SMARTS) is 1. The minimum atomic E-state index is -1.00. The van der Waals surface area contributed by atoms with Crippen LogP contribution in [0.3, 0.4) is 0 Å². The van der Waals surface area contributed by atoms with E-state index < -0.39 is 5.97 Å². The highest BCUT2D eigenvalue weighted by atomic mass is 16.7. The van der Waals surface area contributed by atoms with Crippen molar-refractivity contribution < 1.29 is 24.2 Å². The Labute approximate surface area is 135 Å². The van der Waals surface area contributed by atoms with Crippen LogP contribution in [0.15, 0.2) is 30.3 Å². The van der Waals surface area contributed by atoms with Crippen molar-refractivity contribution in [3.8, 4) is 0 Å². The van der Waals surface area contributed by atoms with Crippen LogP contribution in [0.1, 0.15) is 29.3 Å². The first-order chi connectivity index (χ1) is 11.1. The van der Waals surface area contributed by atoms with Crippen molar-refractivity contribution in [3.63, 3.8) is 0 Å². The van der Waals surface area contributed by atoms with Gasteiger partial charge in [-0.05, 0) is 30.7 Å². The zero-order valence-electron chi connectivity index (χ0n) is 13.1. The predicted octanol–water partition coefficient (Wildman–Crippen LogP) is 2.01. The van der Waals surface area contributed by atoms with E-state index in [0.717, 1.165) is 11.6 Å². The summed E-state index contributed by atoms with van der Waals surface area (Å²) in [5.74, 6) is -1.06. The molecule has 0 bridgehead atoms. The maximum absolute atomic E-state index is 12.5. The number of carboxylic acids is 1. The molecule has 0 aliphatic carbocycles. The molecule has 1 saturated heterocycles. The van der Waals surface area contributed by atoms with Crippen LogP contribution in [-0.4, -0.2) is 54.5 Å². The molecule has 0 unspecified atom stereocenters. The Hall–Kier alpha value is -2.18. The van der Waals surface area contributed by atoms with Crippen molar-refractivity contribution in [1.29, 1.82) is 0 Å². The third-order valence-electron chi connectivity index (χ3n) is 3.57. The number of hydrogen-bond acceptors (Lipinski definition) is 4. The second-order valence-electron chi connectivity index (χ2n) is 5.14. The maximum Gasteiger partial charge on any atom is 0.328 e. The van der Waals surface area contributed by atoms with Crippen molar-refractivity contribution in [2.24, 2.45) is 0 Å². The van der Waals surface area contributed by atoms with Crippen molar-refractivity contribution >= 4 is 18.0 Å². The second kappa shape index (κ2) is 8.45. The SMILES string of the molecule is CCN(CCC1OCCO1)C(=O)c1ccc(C=CC(=O)O)cc1. The van der Waals surface area contributed by atoms with Gasteiger partial charge in [0.25, 0.3) is 5.91 Å². The molecule has 0 saturated carbocycles. The van der Waals surface area contributed by atoms with Crippen LogP contribution in [0.4, 0.5) is 0 Å². The number of nitrogens with zero attached hydrogens (tertiary/aromatic N) is 1. The van der Waals surface area contributed by atoms with Crippen LogP contribution >= 0.6 is 0 Å². The van der Waals surface area contributed by atoms with Crippen LogP contribution in [0.5, 0.6) is 0 Å². The Morgan fingerprint density at radius 2 is 1.91 bits per heavy atom. The average Bonchev–Trinajstić information content (AvgIpc) is 3.07. The Bertz CT molecular complexity index is 561. The molecule has 2 rings (SSSR count). The quantitative estimate of drug-likeness (QED) is 0.778. The molecule has 6 heteroatoms. The van der Waals surface area contributed by atoms with Gasteiger partial charge >= 0.3 is 5.97 Å². The summed E-state index contributed by atoms with van der Waals surface area (Å²) in [6.07, 6.45) is 2.99. The summed E-state index contributed by atoms with van der Waals surface area (Å²) in [6, 6.07) is 6.86. The van der Waals surface area contributed by atoms with E-state index in [1.165, 1.54) is 6.08 Å². The van der Waals surface area contributed by atoms with Gasteiger partial charge in [-0.2, -0.15) is 0 Å². The fraction of sp³-hybridized carbons (Fsp3) is 0.412. The summed E-state index contributed by atoms with van der Waals surface area (Å²) < 4.78 is 10.8. The fourth-order valence-corrected chi connectivity index (χ4v) is 2.33. The topological polar surface area (TPSA) is 76.1 Å². The predicted molar refractivity (Wildman–Crippen MR) is 85.0 cm³/mol. The standard InChI is InChI=1S/C17H21NO5/c1-2-18(10-9-16-22-11-12-23-16)17(21)14-6-3-13(4-7-14)5-8-15(19)20/h3-8,16H,2,9-12H2,1H3,(H,19,20). The lowest BCUT2D eigenvalue weighted by Crippen LogP contribution is -2.33. The number of carbonyl (C=O) groups excluding carboxylic acids is 1. The highest BCUT2D eigenvalue weighted by Gasteiger charge is 2.19. The van der Waals surface area contributed by atoms with E-state index >= 15 is 0 Å². The van der Waals surface area contributed by atoms with E-state index in [1.54, 1.807) is 29.2 Å². The first kappa shape index (κ1) is 17.2. The fourth-order valence-electron chi connectivity index (χ4n) is 2.33. The molecule has 23 heavy (non-hydrogen) atoms. The van der Waals surface area contributed by atoms with E-state index in [4.69, 9.17) is 14.6 Å². The molecule has 124 valence electrons. The Morgan fingerprint density at radius 3 is 2.48 bits per heavy atom. The Balaban J connectivity index is 1.94. The van der Waals surface area contributed by atoms with Gasteiger partial charge in [-0.3, -0.25) is 4.79 Å². The molecule has 1 aliphatic rings. The molecular formula is C17H21NO5. The molecule has 6 nitrogen and oxygen atoms in total. The number of amides is 1. The summed E-state index contributed by atoms with van der Waals surface area (Å²) in [4.78, 5) is 24.7. The molecule has 0 spiro atoms. The zero-order valence-corrected chi connectivity index (χ0v) is 13.1. The third-order valence-corrected chi connectivity index (χ3v) is 3.57. The average molecular weight is 319 g/mol. The lowest BCUT2D eigenvalue weighted by Gasteiger charge is -2.22. The summed E-state index contributed by atoms with van der Waals surface area (Å²) in [5, 5.41) is 8.60. The molecule has 1 amide bonds. The van der Waals surface area contributed by atoms with Gasteiger partial charge < -0.3 is 19.5 Å². The van der Waals surface area contributed by atoms with Crippen molar-refractivity contribution in [2.45, 2.75) is 19.6 Å². The highest BCUT2D eigenvalue weighted by Crippen LogP contribution is 2.12. The second-order valence-corrected chi connectivity index (χ2v) is 5.14. The molecule has 0 aromatic heterocycles. The van der Waals surface area contributed by atoms with Crippen LogP contribution in [-0.2, 0) is 14.3 Å². The summed E-state index contributed by atoms with van der Waals surface area (Å²) >= 11 is 0. The van der Waals surface area contributed by atoms with Crippen molar-refractivity contribution in [3.05, 3.63) is 41.5 Å². The number of benzene rings is 1. The largest absolute Gasteiger partial charge is 0.478 e. The molecule has 1 heterocycles. The maximum atomic E-state index is 12.5. The van der Waals surface area contributed by atoms with Crippen LogP contribution < -0.4 is 0 Å². The smallest absolute Gasteiger partial charge is 0.328 e. The van der Waals surface area contributed by atoms with E-state index in [-0.39, 0.29) is 12.2 Å². The number of ether oxygens (including phenoxy) is 2. The summed E-state index contributed by atoms with van der Waals surface area (Å²) in [6.45, 7) is 4.32. The summed E-state index contributed by atoms with van der Waals surface area (Å²) in [7, 11) is 0. The van der Waals surface area contributed by atoms with E-state index in [9.17, 15) is 9.59 Å². The number of hydrogen-bond donors (Lipinski definition) is 1. The monoisotopic (exact) mass is 319 g/mol. The summed E-state index contributed by atoms with van der Waals surface area (Å²) in [5.41, 5.74) is 1.31. The molecule has 1 fully saturated rings. The van der Waals surface area contributed by atoms with Crippen molar-refractivity contribution in [1.82, 2.24) is 4.90 Å². The van der Waals surface area contributed by atoms with Crippen LogP contribution in [0, 0.1) is 0 Å². The highest BCUT2D eigenvalue weighted by molar-refractivity contribution is 5.94. The third kappa shape index (κ3) is 5.19. The Kier molecular flexibility index (Phi) is 6.31. The van der Waals surface area contributed by atoms with Gasteiger partial charge in [0.05, 0.1) is 13.2 Å². The first-order valence-electron chi connectivity index (χ1n) is 7.63. The van der Waals surface area contributed by atoms with Crippen LogP contribution in [0.25, 0.3) is 6.08 Å². The van der Waals surface area contributed by atoms with Gasteiger partial charge in [0.2, 0.25) is 0 Å². The zero-order chi connectivity index (χ0) is 16.7. The van der Waals surface area contributed by atoms with E-state index in [2.05, 4.69) is 0 Å². The van der Waals surface area contributed by atoms with Gasteiger partial charge in [-0.1, -0.05) is 12.1 Å². The molecular weight excluding hydrogens is 298 g/mol. The molecule has 0 atom stereocenters. The molecule has 1 aromatic carbocycles.